The zero-order chi connectivity index (χ0) is 12.8. The normalized spacial score (nSPS) is 12.2. The molecule has 0 aliphatic carbocycles. The van der Waals surface area contributed by atoms with E-state index >= 15 is 0 Å². The van der Waals surface area contributed by atoms with Crippen LogP contribution in [0.5, 0.6) is 0 Å². The summed E-state index contributed by atoms with van der Waals surface area (Å²) in [5.74, 6) is 0.328. The fraction of sp³-hybridized carbons (Fsp3) is 0.417. The lowest BCUT2D eigenvalue weighted by Gasteiger charge is -2.12. The zero-order valence-corrected chi connectivity index (χ0v) is 12.8. The molecule has 17 heavy (non-hydrogen) atoms. The van der Waals surface area contributed by atoms with Crippen molar-refractivity contribution in [2.24, 2.45) is 5.92 Å². The molecule has 0 aliphatic heterocycles. The second-order valence-electron chi connectivity index (χ2n) is 4.00. The van der Waals surface area contributed by atoms with Gasteiger partial charge in [0.1, 0.15) is 0 Å². The molecule has 0 radical (unpaired) electrons. The van der Waals surface area contributed by atoms with Gasteiger partial charge in [-0.3, -0.25) is 4.79 Å². The topological polar surface area (TPSA) is 41.1 Å². The summed E-state index contributed by atoms with van der Waals surface area (Å²) < 4.78 is 0.948. The highest BCUT2D eigenvalue weighted by atomic mass is 127. The van der Waals surface area contributed by atoms with Crippen molar-refractivity contribution in [1.82, 2.24) is 10.6 Å². The Morgan fingerprint density at radius 1 is 1.47 bits per heavy atom. The Kier molecular flexibility index (Phi) is 6.22. The lowest BCUT2D eigenvalue weighted by Crippen LogP contribution is -2.32. The van der Waals surface area contributed by atoms with Gasteiger partial charge in [-0.05, 0) is 60.3 Å². The Hall–Kier alpha value is -0.330. The monoisotopic (exact) mass is 366 g/mol. The van der Waals surface area contributed by atoms with Gasteiger partial charge in [0.15, 0.2) is 0 Å². The molecular formula is C12H16ClIN2O. The van der Waals surface area contributed by atoms with Gasteiger partial charge in [0.25, 0.3) is 5.91 Å². The van der Waals surface area contributed by atoms with Crippen molar-refractivity contribution in [2.75, 3.05) is 20.1 Å². The summed E-state index contributed by atoms with van der Waals surface area (Å²) in [5.41, 5.74) is 0.604. The molecule has 5 heteroatoms. The molecule has 1 aromatic carbocycles. The first-order chi connectivity index (χ1) is 8.04. The summed E-state index contributed by atoms with van der Waals surface area (Å²) in [7, 11) is 1.90. The number of carbonyl (C=O) groups is 1. The first-order valence-electron chi connectivity index (χ1n) is 5.42. The molecule has 1 unspecified atom stereocenters. The lowest BCUT2D eigenvalue weighted by atomic mass is 10.1. The van der Waals surface area contributed by atoms with Crippen LogP contribution in [0.2, 0.25) is 5.02 Å². The van der Waals surface area contributed by atoms with Crippen molar-refractivity contribution in [3.05, 3.63) is 32.4 Å². The van der Waals surface area contributed by atoms with Crippen molar-refractivity contribution >= 4 is 40.1 Å². The van der Waals surface area contributed by atoms with E-state index in [9.17, 15) is 4.79 Å². The maximum atomic E-state index is 11.8. The van der Waals surface area contributed by atoms with Crippen molar-refractivity contribution < 1.29 is 4.79 Å². The summed E-state index contributed by atoms with van der Waals surface area (Å²) >= 11 is 8.11. The third kappa shape index (κ3) is 4.81. The van der Waals surface area contributed by atoms with Gasteiger partial charge in [0.2, 0.25) is 0 Å². The minimum absolute atomic E-state index is 0.0775. The molecule has 1 atom stereocenters. The second kappa shape index (κ2) is 7.18. The number of nitrogens with one attached hydrogen (secondary N) is 2. The molecule has 94 valence electrons. The molecule has 3 nitrogen and oxygen atoms in total. The minimum atomic E-state index is -0.0775. The Balaban J connectivity index is 2.55. The van der Waals surface area contributed by atoms with E-state index in [4.69, 9.17) is 11.6 Å². The molecule has 0 bridgehead atoms. The molecule has 0 spiro atoms. The van der Waals surface area contributed by atoms with Crippen LogP contribution in [0.25, 0.3) is 0 Å². The van der Waals surface area contributed by atoms with Gasteiger partial charge in [0.05, 0.1) is 5.02 Å². The number of halogens is 2. The van der Waals surface area contributed by atoms with E-state index in [0.29, 0.717) is 23.0 Å². The van der Waals surface area contributed by atoms with E-state index in [1.807, 2.05) is 13.1 Å². The lowest BCUT2D eigenvalue weighted by molar-refractivity contribution is 0.0948. The maximum Gasteiger partial charge on any atom is 0.251 e. The summed E-state index contributed by atoms with van der Waals surface area (Å²) in [6, 6.07) is 5.32. The minimum Gasteiger partial charge on any atom is -0.352 e. The number of carbonyl (C=O) groups excluding carboxylic acids is 1. The maximum absolute atomic E-state index is 11.8. The van der Waals surface area contributed by atoms with Gasteiger partial charge in [-0.25, -0.2) is 0 Å². The van der Waals surface area contributed by atoms with Crippen molar-refractivity contribution in [3.63, 3.8) is 0 Å². The fourth-order valence-corrected chi connectivity index (χ4v) is 1.94. The largest absolute Gasteiger partial charge is 0.352 e. The molecule has 0 heterocycles. The summed E-state index contributed by atoms with van der Waals surface area (Å²) in [5, 5.41) is 6.58. The molecule has 2 N–H and O–H groups in total. The smallest absolute Gasteiger partial charge is 0.251 e. The van der Waals surface area contributed by atoms with E-state index in [2.05, 4.69) is 40.1 Å². The molecule has 0 aliphatic rings. The average molecular weight is 367 g/mol. The van der Waals surface area contributed by atoms with Crippen molar-refractivity contribution in [2.45, 2.75) is 6.92 Å². The molecule has 0 saturated heterocycles. The second-order valence-corrected chi connectivity index (χ2v) is 5.57. The zero-order valence-electron chi connectivity index (χ0n) is 9.89. The Morgan fingerprint density at radius 2 is 2.18 bits per heavy atom. The number of hydrogen-bond acceptors (Lipinski definition) is 2. The molecule has 0 saturated carbocycles. The fourth-order valence-electron chi connectivity index (χ4n) is 1.43. The van der Waals surface area contributed by atoms with Crippen LogP contribution >= 0.6 is 34.2 Å². The van der Waals surface area contributed by atoms with E-state index in [1.165, 1.54) is 0 Å². The first-order valence-corrected chi connectivity index (χ1v) is 6.88. The average Bonchev–Trinajstić information content (AvgIpc) is 2.30. The number of benzene rings is 1. The molecule has 1 rings (SSSR count). The first kappa shape index (κ1) is 14.7. The number of rotatable bonds is 5. The van der Waals surface area contributed by atoms with Gasteiger partial charge in [-0.15, -0.1) is 0 Å². The van der Waals surface area contributed by atoms with Crippen LogP contribution < -0.4 is 10.6 Å². The SMILES string of the molecule is CNCC(C)CNC(=O)c1ccc(I)c(Cl)c1. The van der Waals surface area contributed by atoms with Crippen molar-refractivity contribution in [3.8, 4) is 0 Å². The highest BCUT2D eigenvalue weighted by Gasteiger charge is 2.09. The highest BCUT2D eigenvalue weighted by Crippen LogP contribution is 2.19. The van der Waals surface area contributed by atoms with Gasteiger partial charge in [0, 0.05) is 15.7 Å². The molecular weight excluding hydrogens is 351 g/mol. The van der Waals surface area contributed by atoms with Crippen LogP contribution in [0, 0.1) is 9.49 Å². The number of hydrogen-bond donors (Lipinski definition) is 2. The van der Waals surface area contributed by atoms with Crippen LogP contribution in [-0.2, 0) is 0 Å². The quantitative estimate of drug-likeness (QED) is 0.786. The van der Waals surface area contributed by atoms with Crippen LogP contribution in [0.3, 0.4) is 0 Å². The standard InChI is InChI=1S/C12H16ClIN2O/c1-8(6-15-2)7-16-12(17)9-3-4-11(14)10(13)5-9/h3-5,8,15H,6-7H2,1-2H3,(H,16,17). The Morgan fingerprint density at radius 3 is 2.76 bits per heavy atom. The van der Waals surface area contributed by atoms with Crippen LogP contribution in [0.15, 0.2) is 18.2 Å². The summed E-state index contributed by atoms with van der Waals surface area (Å²) in [4.78, 5) is 11.8. The molecule has 0 fully saturated rings. The van der Waals surface area contributed by atoms with Gasteiger partial charge in [-0.2, -0.15) is 0 Å². The highest BCUT2D eigenvalue weighted by molar-refractivity contribution is 14.1. The molecule has 1 amide bonds. The van der Waals surface area contributed by atoms with E-state index in [0.717, 1.165) is 10.1 Å². The van der Waals surface area contributed by atoms with E-state index in [1.54, 1.807) is 12.1 Å². The third-order valence-electron chi connectivity index (χ3n) is 2.35. The van der Waals surface area contributed by atoms with Gasteiger partial charge < -0.3 is 10.6 Å². The third-order valence-corrected chi connectivity index (χ3v) is 3.92. The van der Waals surface area contributed by atoms with E-state index in [-0.39, 0.29) is 5.91 Å². The van der Waals surface area contributed by atoms with Crippen LogP contribution in [0.4, 0.5) is 0 Å². The van der Waals surface area contributed by atoms with Gasteiger partial charge >= 0.3 is 0 Å². The summed E-state index contributed by atoms with van der Waals surface area (Å²) in [6.45, 7) is 3.62. The predicted molar refractivity (Wildman–Crippen MR) is 79.6 cm³/mol. The van der Waals surface area contributed by atoms with Crippen LogP contribution in [0.1, 0.15) is 17.3 Å². The Labute approximate surface area is 120 Å². The Bertz CT molecular complexity index is 398. The van der Waals surface area contributed by atoms with Gasteiger partial charge in [-0.1, -0.05) is 18.5 Å². The summed E-state index contributed by atoms with van der Waals surface area (Å²) in [6.07, 6.45) is 0. The molecule has 1 aromatic rings. The number of amides is 1. The van der Waals surface area contributed by atoms with Crippen LogP contribution in [-0.4, -0.2) is 26.0 Å². The van der Waals surface area contributed by atoms with E-state index < -0.39 is 0 Å². The predicted octanol–water partition coefficient (Wildman–Crippen LogP) is 2.53. The van der Waals surface area contributed by atoms with Crippen molar-refractivity contribution in [1.29, 1.82) is 0 Å². The molecule has 0 aromatic heterocycles.